The Bertz CT molecular complexity index is 846. The summed E-state index contributed by atoms with van der Waals surface area (Å²) in [7, 11) is 1.51. The fourth-order valence-electron chi connectivity index (χ4n) is 2.67. The molecule has 1 atom stereocenters. The predicted molar refractivity (Wildman–Crippen MR) is 97.5 cm³/mol. The van der Waals surface area contributed by atoms with Crippen LogP contribution in [0.15, 0.2) is 53.6 Å². The normalized spacial score (nSPS) is 16.3. The number of hydrazone groups is 1. The number of rotatable bonds is 4. The molecule has 1 aliphatic heterocycles. The second-order valence-corrected chi connectivity index (χ2v) is 5.88. The van der Waals surface area contributed by atoms with Crippen LogP contribution < -0.4 is 20.2 Å². The third-order valence-corrected chi connectivity index (χ3v) is 3.96. The van der Waals surface area contributed by atoms with Gasteiger partial charge in [-0.2, -0.15) is 5.10 Å². The number of ether oxygens (including phenoxy) is 2. The summed E-state index contributed by atoms with van der Waals surface area (Å²) in [5.74, 6) is 0.770. The molecule has 1 aliphatic rings. The van der Waals surface area contributed by atoms with E-state index in [1.165, 1.54) is 7.11 Å². The lowest BCUT2D eigenvalue weighted by Gasteiger charge is -2.19. The molecule has 0 radical (unpaired) electrons. The summed E-state index contributed by atoms with van der Waals surface area (Å²) in [4.78, 5) is 23.4. The van der Waals surface area contributed by atoms with Gasteiger partial charge in [0, 0.05) is 18.0 Å². The average molecular weight is 353 g/mol. The van der Waals surface area contributed by atoms with E-state index in [2.05, 4.69) is 15.8 Å². The maximum absolute atomic E-state index is 12.1. The smallest absolute Gasteiger partial charge is 0.417 e. The number of anilines is 1. The van der Waals surface area contributed by atoms with Crippen LogP contribution in [0.5, 0.6) is 11.5 Å². The highest BCUT2D eigenvalue weighted by Crippen LogP contribution is 2.26. The third kappa shape index (κ3) is 4.00. The van der Waals surface area contributed by atoms with Crippen LogP contribution in [0.2, 0.25) is 0 Å². The molecule has 0 saturated heterocycles. The van der Waals surface area contributed by atoms with Crippen LogP contribution in [0.3, 0.4) is 0 Å². The Kier molecular flexibility index (Phi) is 5.17. The van der Waals surface area contributed by atoms with Gasteiger partial charge < -0.3 is 9.47 Å². The summed E-state index contributed by atoms with van der Waals surface area (Å²) in [6.45, 7) is 1.95. The van der Waals surface area contributed by atoms with Gasteiger partial charge >= 0.3 is 6.09 Å². The molecule has 26 heavy (non-hydrogen) atoms. The first kappa shape index (κ1) is 17.5. The maximum atomic E-state index is 12.1. The minimum Gasteiger partial charge on any atom is -0.493 e. The summed E-state index contributed by atoms with van der Waals surface area (Å²) < 4.78 is 10.4. The molecule has 7 heteroatoms. The van der Waals surface area contributed by atoms with E-state index < -0.39 is 6.09 Å². The van der Waals surface area contributed by atoms with E-state index in [4.69, 9.17) is 9.47 Å². The highest BCUT2D eigenvalue weighted by molar-refractivity contribution is 6.06. The molecule has 1 heterocycles. The Morgan fingerprint density at radius 1 is 1.15 bits per heavy atom. The largest absolute Gasteiger partial charge is 0.493 e. The number of nitrogens with one attached hydrogen (secondary N) is 2. The molecular weight excluding hydrogens is 334 g/mol. The second kappa shape index (κ2) is 7.69. The van der Waals surface area contributed by atoms with Gasteiger partial charge in [-0.05, 0) is 29.8 Å². The fourth-order valence-corrected chi connectivity index (χ4v) is 2.67. The van der Waals surface area contributed by atoms with Crippen LogP contribution in [0.25, 0.3) is 0 Å². The van der Waals surface area contributed by atoms with Crippen molar-refractivity contribution < 1.29 is 19.1 Å². The van der Waals surface area contributed by atoms with Crippen molar-refractivity contribution in [3.8, 4) is 11.5 Å². The van der Waals surface area contributed by atoms with E-state index in [-0.39, 0.29) is 11.8 Å². The van der Waals surface area contributed by atoms with Crippen LogP contribution in [0.1, 0.15) is 18.9 Å². The van der Waals surface area contributed by atoms with E-state index >= 15 is 0 Å². The lowest BCUT2D eigenvalue weighted by atomic mass is 9.94. The zero-order valence-electron chi connectivity index (χ0n) is 14.5. The summed E-state index contributed by atoms with van der Waals surface area (Å²) in [6.07, 6.45) is -0.206. The molecule has 0 bridgehead atoms. The van der Waals surface area contributed by atoms with Crippen LogP contribution in [-0.2, 0) is 4.79 Å². The molecule has 3 rings (SSSR count). The molecule has 1 unspecified atom stereocenters. The fraction of sp³-hybridized carbons (Fsp3) is 0.211. The van der Waals surface area contributed by atoms with E-state index in [1.54, 1.807) is 36.4 Å². The number of benzene rings is 2. The highest BCUT2D eigenvalue weighted by Gasteiger charge is 2.21. The molecule has 0 saturated carbocycles. The van der Waals surface area contributed by atoms with E-state index in [0.717, 1.165) is 11.3 Å². The number of para-hydroxylation sites is 2. The van der Waals surface area contributed by atoms with Gasteiger partial charge in [0.1, 0.15) is 0 Å². The van der Waals surface area contributed by atoms with Crippen molar-refractivity contribution in [2.45, 2.75) is 13.3 Å². The molecule has 0 fully saturated rings. The molecule has 0 aromatic heterocycles. The summed E-state index contributed by atoms with van der Waals surface area (Å²) in [6, 6.07) is 14.1. The van der Waals surface area contributed by atoms with E-state index in [0.29, 0.717) is 23.6 Å². The maximum Gasteiger partial charge on any atom is 0.417 e. The third-order valence-electron chi connectivity index (χ3n) is 3.96. The number of carbonyl (C=O) groups is 2. The molecule has 2 aromatic carbocycles. The Balaban J connectivity index is 1.66. The molecule has 0 spiro atoms. The quantitative estimate of drug-likeness (QED) is 0.883. The van der Waals surface area contributed by atoms with Gasteiger partial charge in [-0.3, -0.25) is 10.1 Å². The van der Waals surface area contributed by atoms with Crippen LogP contribution in [-0.4, -0.2) is 24.8 Å². The number of methoxy groups -OCH3 is 1. The van der Waals surface area contributed by atoms with E-state index in [1.807, 2.05) is 19.1 Å². The van der Waals surface area contributed by atoms with Crippen molar-refractivity contribution in [1.82, 2.24) is 5.43 Å². The SMILES string of the molecule is COc1ccccc1OC(=O)Nc1ccc(C2=NNC(=O)CC2C)cc1. The van der Waals surface area contributed by atoms with Crippen molar-refractivity contribution in [1.29, 1.82) is 0 Å². The summed E-state index contributed by atoms with van der Waals surface area (Å²) in [5, 5.41) is 6.78. The lowest BCUT2D eigenvalue weighted by Crippen LogP contribution is -2.31. The topological polar surface area (TPSA) is 89.0 Å². The second-order valence-electron chi connectivity index (χ2n) is 5.88. The van der Waals surface area contributed by atoms with E-state index in [9.17, 15) is 9.59 Å². The first-order chi connectivity index (χ1) is 12.6. The highest BCUT2D eigenvalue weighted by atomic mass is 16.6. The minimum atomic E-state index is -0.613. The van der Waals surface area contributed by atoms with Gasteiger partial charge in [0.25, 0.3) is 0 Å². The van der Waals surface area contributed by atoms with Gasteiger partial charge in [-0.25, -0.2) is 10.2 Å². The number of carbonyl (C=O) groups excluding carboxylic acids is 2. The lowest BCUT2D eigenvalue weighted by molar-refractivity contribution is -0.121. The van der Waals surface area contributed by atoms with Gasteiger partial charge in [-0.1, -0.05) is 31.2 Å². The van der Waals surface area contributed by atoms with Crippen molar-refractivity contribution >= 4 is 23.4 Å². The van der Waals surface area contributed by atoms with Crippen molar-refractivity contribution in [3.05, 3.63) is 54.1 Å². The number of amides is 2. The zero-order valence-corrected chi connectivity index (χ0v) is 14.5. The van der Waals surface area contributed by atoms with Crippen molar-refractivity contribution in [2.75, 3.05) is 12.4 Å². The van der Waals surface area contributed by atoms with Crippen molar-refractivity contribution in [2.24, 2.45) is 11.0 Å². The first-order valence-electron chi connectivity index (χ1n) is 8.15. The number of hydrogen-bond donors (Lipinski definition) is 2. The molecular formula is C19H19N3O4. The van der Waals surface area contributed by atoms with Crippen LogP contribution >= 0.6 is 0 Å². The Morgan fingerprint density at radius 3 is 2.50 bits per heavy atom. The summed E-state index contributed by atoms with van der Waals surface area (Å²) in [5.41, 5.74) is 4.78. The minimum absolute atomic E-state index is 0.0399. The standard InChI is InChI=1S/C19H19N3O4/c1-12-11-17(23)21-22-18(12)13-7-9-14(10-8-13)20-19(24)26-16-6-4-3-5-15(16)25-2/h3-10,12H,11H2,1-2H3,(H,20,24)(H,21,23). The molecule has 2 amide bonds. The molecule has 7 nitrogen and oxygen atoms in total. The van der Waals surface area contributed by atoms with Gasteiger partial charge in [-0.15, -0.1) is 0 Å². The number of hydrogen-bond acceptors (Lipinski definition) is 5. The monoisotopic (exact) mass is 353 g/mol. The van der Waals surface area contributed by atoms with Gasteiger partial charge in [0.05, 0.1) is 12.8 Å². The summed E-state index contributed by atoms with van der Waals surface area (Å²) >= 11 is 0. The van der Waals surface area contributed by atoms with Gasteiger partial charge in [0.15, 0.2) is 11.5 Å². The Hall–Kier alpha value is -3.35. The Labute approximate surface area is 151 Å². The van der Waals surface area contributed by atoms with Crippen LogP contribution in [0, 0.1) is 5.92 Å². The molecule has 0 aliphatic carbocycles. The van der Waals surface area contributed by atoms with Crippen LogP contribution in [0.4, 0.5) is 10.5 Å². The predicted octanol–water partition coefficient (Wildman–Crippen LogP) is 3.17. The number of nitrogens with zero attached hydrogens (tertiary/aromatic N) is 1. The molecule has 2 N–H and O–H groups in total. The Morgan fingerprint density at radius 2 is 1.85 bits per heavy atom. The molecule has 134 valence electrons. The van der Waals surface area contributed by atoms with Crippen molar-refractivity contribution in [3.63, 3.8) is 0 Å². The average Bonchev–Trinajstić information content (AvgIpc) is 2.63. The van der Waals surface area contributed by atoms with Gasteiger partial charge in [0.2, 0.25) is 5.91 Å². The molecule has 2 aromatic rings. The first-order valence-corrected chi connectivity index (χ1v) is 8.15. The zero-order chi connectivity index (χ0) is 18.5.